The molecule has 34 heavy (non-hydrogen) atoms. The summed E-state index contributed by atoms with van der Waals surface area (Å²) in [5, 5.41) is 11.3. The van der Waals surface area contributed by atoms with Gasteiger partial charge in [-0.15, -0.1) is 0 Å². The van der Waals surface area contributed by atoms with Crippen molar-refractivity contribution in [3.05, 3.63) is 89.3 Å². The lowest BCUT2D eigenvalue weighted by Crippen LogP contribution is -2.29. The van der Waals surface area contributed by atoms with Crippen LogP contribution in [0.4, 0.5) is 0 Å². The number of amides is 1. The van der Waals surface area contributed by atoms with Gasteiger partial charge in [0, 0.05) is 18.9 Å². The number of nitrogens with zero attached hydrogens (tertiary/aromatic N) is 2. The number of ketones is 1. The van der Waals surface area contributed by atoms with Gasteiger partial charge < -0.3 is 24.2 Å². The zero-order valence-corrected chi connectivity index (χ0v) is 19.0. The number of rotatable bonds is 7. The second kappa shape index (κ2) is 9.66. The van der Waals surface area contributed by atoms with Crippen LogP contribution in [0, 0.1) is 0 Å². The molecule has 0 spiro atoms. The molecule has 2 heterocycles. The lowest BCUT2D eigenvalue weighted by Gasteiger charge is -2.25. The van der Waals surface area contributed by atoms with Gasteiger partial charge in [-0.2, -0.15) is 0 Å². The van der Waals surface area contributed by atoms with Crippen LogP contribution in [0.5, 0.6) is 17.2 Å². The molecule has 1 amide bonds. The second-order valence-corrected chi connectivity index (χ2v) is 7.63. The highest BCUT2D eigenvalue weighted by molar-refractivity contribution is 6.46. The van der Waals surface area contributed by atoms with Gasteiger partial charge in [-0.3, -0.25) is 14.6 Å². The van der Waals surface area contributed by atoms with Crippen LogP contribution in [0.3, 0.4) is 0 Å². The number of likely N-dealkylation sites (tertiary alicyclic amines) is 1. The van der Waals surface area contributed by atoms with Gasteiger partial charge >= 0.3 is 0 Å². The molecule has 0 radical (unpaired) electrons. The molecule has 0 aliphatic carbocycles. The maximum Gasteiger partial charge on any atom is 0.295 e. The molecule has 1 atom stereocenters. The topological polar surface area (TPSA) is 98.2 Å². The number of hydrogen-bond donors (Lipinski definition) is 1. The number of benzene rings is 2. The first-order valence-corrected chi connectivity index (χ1v) is 10.5. The first-order valence-electron chi connectivity index (χ1n) is 10.5. The Morgan fingerprint density at radius 1 is 0.941 bits per heavy atom. The second-order valence-electron chi connectivity index (χ2n) is 7.63. The molecule has 1 aromatic heterocycles. The van der Waals surface area contributed by atoms with E-state index in [-0.39, 0.29) is 23.4 Å². The molecule has 2 aromatic carbocycles. The van der Waals surface area contributed by atoms with E-state index in [1.165, 1.54) is 19.1 Å². The standard InChI is InChI=1S/C26H24N2O6/c1-32-18-6-4-5-16(13-18)15-28-23(17-9-11-27-12-10-17)22(25(30)26(28)31)24(29)20-14-19(33-2)7-8-21(20)34-3/h4-14,23,29H,15H2,1-3H3/b24-22+. The number of aromatic nitrogens is 1. The van der Waals surface area contributed by atoms with Gasteiger partial charge in [-0.25, -0.2) is 0 Å². The van der Waals surface area contributed by atoms with E-state index in [0.717, 1.165) is 5.56 Å². The minimum atomic E-state index is -0.829. The third-order valence-electron chi connectivity index (χ3n) is 5.71. The van der Waals surface area contributed by atoms with Crippen molar-refractivity contribution >= 4 is 17.4 Å². The molecule has 174 valence electrons. The molecular formula is C26H24N2O6. The van der Waals surface area contributed by atoms with Crippen LogP contribution >= 0.6 is 0 Å². The number of pyridine rings is 1. The Kier molecular flexibility index (Phi) is 6.49. The largest absolute Gasteiger partial charge is 0.507 e. The fourth-order valence-electron chi connectivity index (χ4n) is 4.05. The molecule has 0 saturated carbocycles. The Morgan fingerprint density at radius 2 is 1.65 bits per heavy atom. The average Bonchev–Trinajstić information content (AvgIpc) is 3.13. The Balaban J connectivity index is 1.88. The normalized spacial score (nSPS) is 17.0. The molecule has 4 rings (SSSR count). The van der Waals surface area contributed by atoms with Crippen molar-refractivity contribution in [1.29, 1.82) is 0 Å². The molecule has 1 fully saturated rings. The number of aliphatic hydroxyl groups is 1. The summed E-state index contributed by atoms with van der Waals surface area (Å²) in [4.78, 5) is 31.9. The Labute approximate surface area is 197 Å². The van der Waals surface area contributed by atoms with Crippen LogP contribution in [0.25, 0.3) is 5.76 Å². The summed E-state index contributed by atoms with van der Waals surface area (Å²) in [5.41, 5.74) is 1.63. The number of carbonyl (C=O) groups is 2. The minimum Gasteiger partial charge on any atom is -0.507 e. The van der Waals surface area contributed by atoms with Gasteiger partial charge in [0.2, 0.25) is 0 Å². The number of ether oxygens (including phenoxy) is 3. The van der Waals surface area contributed by atoms with E-state index in [4.69, 9.17) is 14.2 Å². The average molecular weight is 460 g/mol. The fourth-order valence-corrected chi connectivity index (χ4v) is 4.05. The number of methoxy groups -OCH3 is 3. The fraction of sp³-hybridized carbons (Fsp3) is 0.192. The summed E-state index contributed by atoms with van der Waals surface area (Å²) in [6.45, 7) is 0.140. The van der Waals surface area contributed by atoms with Crippen LogP contribution in [0.1, 0.15) is 22.7 Å². The van der Waals surface area contributed by atoms with Crippen LogP contribution in [0.2, 0.25) is 0 Å². The third-order valence-corrected chi connectivity index (χ3v) is 5.71. The van der Waals surface area contributed by atoms with E-state index in [1.54, 1.807) is 62.0 Å². The highest BCUT2D eigenvalue weighted by Gasteiger charge is 2.46. The van der Waals surface area contributed by atoms with E-state index in [9.17, 15) is 14.7 Å². The van der Waals surface area contributed by atoms with Crippen molar-refractivity contribution in [2.24, 2.45) is 0 Å². The lowest BCUT2D eigenvalue weighted by atomic mass is 9.95. The monoisotopic (exact) mass is 460 g/mol. The summed E-state index contributed by atoms with van der Waals surface area (Å²) in [6.07, 6.45) is 3.15. The molecule has 8 heteroatoms. The first-order chi connectivity index (χ1) is 16.5. The molecule has 1 aliphatic rings. The van der Waals surface area contributed by atoms with Crippen LogP contribution in [-0.4, -0.2) is 48.0 Å². The summed E-state index contributed by atoms with van der Waals surface area (Å²) in [5.74, 6) is -0.404. The van der Waals surface area contributed by atoms with Gasteiger partial charge in [0.05, 0.1) is 38.5 Å². The smallest absolute Gasteiger partial charge is 0.295 e. The van der Waals surface area contributed by atoms with Gasteiger partial charge in [0.25, 0.3) is 11.7 Å². The van der Waals surface area contributed by atoms with E-state index >= 15 is 0 Å². The van der Waals surface area contributed by atoms with E-state index < -0.39 is 17.7 Å². The number of carbonyl (C=O) groups excluding carboxylic acids is 2. The molecule has 1 unspecified atom stereocenters. The summed E-state index contributed by atoms with van der Waals surface area (Å²) >= 11 is 0. The maximum atomic E-state index is 13.3. The Hall–Kier alpha value is -4.33. The molecule has 1 saturated heterocycles. The van der Waals surface area contributed by atoms with Gasteiger partial charge in [-0.05, 0) is 53.6 Å². The Morgan fingerprint density at radius 3 is 2.32 bits per heavy atom. The van der Waals surface area contributed by atoms with Gasteiger partial charge in [-0.1, -0.05) is 12.1 Å². The van der Waals surface area contributed by atoms with E-state index in [2.05, 4.69) is 4.98 Å². The quantitative estimate of drug-likeness (QED) is 0.326. The molecule has 1 N–H and O–H groups in total. The highest BCUT2D eigenvalue weighted by atomic mass is 16.5. The molecule has 8 nitrogen and oxygen atoms in total. The number of aliphatic hydroxyl groups excluding tert-OH is 1. The highest BCUT2D eigenvalue weighted by Crippen LogP contribution is 2.42. The van der Waals surface area contributed by atoms with Crippen LogP contribution < -0.4 is 14.2 Å². The SMILES string of the molecule is COc1cccc(CN2C(=O)C(=O)/C(=C(/O)c3cc(OC)ccc3OC)C2c2ccncc2)c1. The zero-order chi connectivity index (χ0) is 24.2. The van der Waals surface area contributed by atoms with Crippen molar-refractivity contribution in [2.45, 2.75) is 12.6 Å². The summed E-state index contributed by atoms with van der Waals surface area (Å²) in [6, 6.07) is 14.7. The third kappa shape index (κ3) is 4.17. The van der Waals surface area contributed by atoms with Crippen LogP contribution in [0.15, 0.2) is 72.6 Å². The van der Waals surface area contributed by atoms with Crippen molar-refractivity contribution < 1.29 is 28.9 Å². The molecular weight excluding hydrogens is 436 g/mol. The predicted molar refractivity (Wildman–Crippen MR) is 125 cm³/mol. The molecule has 0 bridgehead atoms. The number of Topliss-reactive ketones (excluding diaryl/α,β-unsaturated/α-hetero) is 1. The van der Waals surface area contributed by atoms with Crippen molar-refractivity contribution in [2.75, 3.05) is 21.3 Å². The lowest BCUT2D eigenvalue weighted by molar-refractivity contribution is -0.140. The minimum absolute atomic E-state index is 0.0364. The predicted octanol–water partition coefficient (Wildman–Crippen LogP) is 3.73. The van der Waals surface area contributed by atoms with Gasteiger partial charge in [0.15, 0.2) is 0 Å². The molecule has 1 aliphatic heterocycles. The van der Waals surface area contributed by atoms with E-state index in [0.29, 0.717) is 22.8 Å². The van der Waals surface area contributed by atoms with Crippen molar-refractivity contribution in [1.82, 2.24) is 9.88 Å². The van der Waals surface area contributed by atoms with E-state index in [1.807, 2.05) is 12.1 Å². The first kappa shape index (κ1) is 22.8. The molecule has 3 aromatic rings. The number of hydrogen-bond acceptors (Lipinski definition) is 7. The van der Waals surface area contributed by atoms with Gasteiger partial charge in [0.1, 0.15) is 23.0 Å². The Bertz CT molecular complexity index is 1260. The van der Waals surface area contributed by atoms with Crippen molar-refractivity contribution in [3.63, 3.8) is 0 Å². The summed E-state index contributed by atoms with van der Waals surface area (Å²) < 4.78 is 16.0. The maximum absolute atomic E-state index is 13.3. The van der Waals surface area contributed by atoms with Crippen LogP contribution in [-0.2, 0) is 16.1 Å². The zero-order valence-electron chi connectivity index (χ0n) is 19.0. The van der Waals surface area contributed by atoms with Crippen molar-refractivity contribution in [3.8, 4) is 17.2 Å². The summed E-state index contributed by atoms with van der Waals surface area (Å²) in [7, 11) is 4.51.